The zero-order valence-corrected chi connectivity index (χ0v) is 18.9. The molecule has 0 N–H and O–H groups in total. The van der Waals surface area contributed by atoms with E-state index in [0.29, 0.717) is 15.7 Å². The summed E-state index contributed by atoms with van der Waals surface area (Å²) in [5.41, 5.74) is 1.82. The first-order chi connectivity index (χ1) is 13.9. The third-order valence-corrected chi connectivity index (χ3v) is 7.64. The molecule has 1 aromatic heterocycles. The van der Waals surface area contributed by atoms with E-state index in [0.717, 1.165) is 43.7 Å². The fourth-order valence-electron chi connectivity index (χ4n) is 3.76. The third-order valence-electron chi connectivity index (χ3n) is 5.44. The Morgan fingerprint density at radius 2 is 1.83 bits per heavy atom. The summed E-state index contributed by atoms with van der Waals surface area (Å²) < 4.78 is 34.2. The summed E-state index contributed by atoms with van der Waals surface area (Å²) in [5, 5.41) is 0.962. The van der Waals surface area contributed by atoms with E-state index in [4.69, 9.17) is 4.74 Å². The molecule has 1 saturated heterocycles. The minimum absolute atomic E-state index is 0.136. The number of hydrogen-bond acceptors (Lipinski definition) is 5. The summed E-state index contributed by atoms with van der Waals surface area (Å²) in [7, 11) is -0.189. The van der Waals surface area contributed by atoms with Crippen LogP contribution >= 0.6 is 15.9 Å². The highest BCUT2D eigenvalue weighted by Crippen LogP contribution is 2.32. The van der Waals surface area contributed by atoms with Crippen molar-refractivity contribution in [3.63, 3.8) is 0 Å². The predicted octanol–water partition coefficient (Wildman–Crippen LogP) is 3.40. The van der Waals surface area contributed by atoms with Crippen molar-refractivity contribution in [1.29, 1.82) is 0 Å². The van der Waals surface area contributed by atoms with Gasteiger partial charge in [0.25, 0.3) is 10.0 Å². The maximum Gasteiger partial charge on any atom is 0.271 e. The molecule has 0 atom stereocenters. The van der Waals surface area contributed by atoms with Crippen LogP contribution in [0.4, 0.5) is 0 Å². The first-order valence-corrected chi connectivity index (χ1v) is 11.7. The normalized spacial score (nSPS) is 16.4. The van der Waals surface area contributed by atoms with Crippen molar-refractivity contribution in [3.05, 3.63) is 58.7 Å². The van der Waals surface area contributed by atoms with Crippen molar-refractivity contribution in [2.24, 2.45) is 0 Å². The van der Waals surface area contributed by atoms with Crippen LogP contribution in [0.25, 0.3) is 10.9 Å². The molecule has 1 aliphatic rings. The van der Waals surface area contributed by atoms with Crippen LogP contribution in [0.5, 0.6) is 5.75 Å². The molecule has 4 rings (SSSR count). The van der Waals surface area contributed by atoms with Gasteiger partial charge in [-0.05, 0) is 42.9 Å². The predicted molar refractivity (Wildman–Crippen MR) is 118 cm³/mol. The van der Waals surface area contributed by atoms with E-state index in [9.17, 15) is 8.42 Å². The monoisotopic (exact) mass is 477 g/mol. The van der Waals surface area contributed by atoms with Gasteiger partial charge in [0, 0.05) is 48.8 Å². The molecule has 0 saturated carbocycles. The Kier molecular flexibility index (Phi) is 5.70. The van der Waals surface area contributed by atoms with E-state index in [2.05, 4.69) is 38.8 Å². The quantitative estimate of drug-likeness (QED) is 0.563. The summed E-state index contributed by atoms with van der Waals surface area (Å²) in [6.45, 7) is 4.94. The molecule has 1 aliphatic heterocycles. The number of rotatable bonds is 5. The van der Waals surface area contributed by atoms with E-state index in [-0.39, 0.29) is 4.90 Å². The Hall–Kier alpha value is -1.87. The topological polar surface area (TPSA) is 54.8 Å². The first kappa shape index (κ1) is 20.4. The second-order valence-electron chi connectivity index (χ2n) is 7.34. The fourth-order valence-corrected chi connectivity index (χ4v) is 5.80. The molecule has 3 aromatic rings. The van der Waals surface area contributed by atoms with Crippen LogP contribution in [-0.2, 0) is 16.6 Å². The average molecular weight is 478 g/mol. The Bertz CT molecular complexity index is 1140. The van der Waals surface area contributed by atoms with E-state index in [1.807, 2.05) is 18.2 Å². The van der Waals surface area contributed by atoms with Crippen LogP contribution < -0.4 is 4.74 Å². The van der Waals surface area contributed by atoms with E-state index < -0.39 is 10.0 Å². The average Bonchev–Trinajstić information content (AvgIpc) is 3.16. The second-order valence-corrected chi connectivity index (χ2v) is 10.0. The molecule has 154 valence electrons. The van der Waals surface area contributed by atoms with Crippen LogP contribution in [0.3, 0.4) is 0 Å². The highest BCUT2D eigenvalue weighted by molar-refractivity contribution is 9.10. The van der Waals surface area contributed by atoms with E-state index in [1.165, 1.54) is 11.1 Å². The minimum Gasteiger partial charge on any atom is -0.495 e. The summed E-state index contributed by atoms with van der Waals surface area (Å²) in [6, 6.07) is 12.7. The van der Waals surface area contributed by atoms with Gasteiger partial charge in [-0.1, -0.05) is 28.1 Å². The molecule has 0 bridgehead atoms. The van der Waals surface area contributed by atoms with Crippen molar-refractivity contribution >= 4 is 36.9 Å². The van der Waals surface area contributed by atoms with Crippen LogP contribution in [0.2, 0.25) is 0 Å². The van der Waals surface area contributed by atoms with Gasteiger partial charge in [0.15, 0.2) is 0 Å². The lowest BCUT2D eigenvalue weighted by Crippen LogP contribution is -2.43. The van der Waals surface area contributed by atoms with Gasteiger partial charge in [-0.2, -0.15) is 0 Å². The zero-order valence-electron chi connectivity index (χ0n) is 16.5. The standard InChI is InChI=1S/C21H24BrN3O3S/c1-23-10-12-24(13-11-23)15-16-4-3-5-19-18(16)8-9-25(19)29(26,27)21-14-17(22)6-7-20(21)28-2/h3-9,14H,10-13,15H2,1-2H3. The molecule has 1 fully saturated rings. The number of benzene rings is 2. The Labute approximate surface area is 179 Å². The number of likely N-dealkylation sites (N-methyl/N-ethyl adjacent to an activating group) is 1. The molecule has 2 heterocycles. The Morgan fingerprint density at radius 1 is 1.07 bits per heavy atom. The molecular weight excluding hydrogens is 454 g/mol. The number of fused-ring (bicyclic) bond motifs is 1. The number of methoxy groups -OCH3 is 1. The molecule has 0 unspecified atom stereocenters. The molecule has 0 amide bonds. The largest absolute Gasteiger partial charge is 0.495 e. The van der Waals surface area contributed by atoms with Crippen molar-refractivity contribution in [3.8, 4) is 5.75 Å². The summed E-state index contributed by atoms with van der Waals surface area (Å²) in [5.74, 6) is 0.323. The smallest absolute Gasteiger partial charge is 0.271 e. The molecule has 2 aromatic carbocycles. The molecule has 8 heteroatoms. The van der Waals surface area contributed by atoms with Gasteiger partial charge in [0.05, 0.1) is 12.6 Å². The lowest BCUT2D eigenvalue weighted by molar-refractivity contribution is 0.148. The third kappa shape index (κ3) is 3.94. The van der Waals surface area contributed by atoms with Gasteiger partial charge < -0.3 is 9.64 Å². The summed E-state index contributed by atoms with van der Waals surface area (Å²) in [6.07, 6.45) is 1.63. The first-order valence-electron chi connectivity index (χ1n) is 9.49. The van der Waals surface area contributed by atoms with Crippen molar-refractivity contribution in [2.45, 2.75) is 11.4 Å². The highest BCUT2D eigenvalue weighted by Gasteiger charge is 2.24. The molecule has 0 spiro atoms. The van der Waals surface area contributed by atoms with Crippen LogP contribution in [-0.4, -0.2) is 62.5 Å². The number of ether oxygens (including phenoxy) is 1. The number of piperazine rings is 1. The van der Waals surface area contributed by atoms with Crippen molar-refractivity contribution in [2.75, 3.05) is 40.3 Å². The van der Waals surface area contributed by atoms with Crippen molar-refractivity contribution in [1.82, 2.24) is 13.8 Å². The molecule has 6 nitrogen and oxygen atoms in total. The maximum absolute atomic E-state index is 13.4. The maximum atomic E-state index is 13.4. The zero-order chi connectivity index (χ0) is 20.6. The highest BCUT2D eigenvalue weighted by atomic mass is 79.9. The molecule has 29 heavy (non-hydrogen) atoms. The number of hydrogen-bond donors (Lipinski definition) is 0. The van der Waals surface area contributed by atoms with Crippen LogP contribution in [0.1, 0.15) is 5.56 Å². The van der Waals surface area contributed by atoms with Crippen molar-refractivity contribution < 1.29 is 13.2 Å². The number of halogens is 1. The van der Waals surface area contributed by atoms with Gasteiger partial charge in [0.1, 0.15) is 10.6 Å². The second kappa shape index (κ2) is 8.10. The van der Waals surface area contributed by atoms with Gasteiger partial charge in [-0.3, -0.25) is 4.90 Å². The molecule has 0 radical (unpaired) electrons. The summed E-state index contributed by atoms with van der Waals surface area (Å²) >= 11 is 3.36. The van der Waals surface area contributed by atoms with Gasteiger partial charge in [-0.15, -0.1) is 0 Å². The lowest BCUT2D eigenvalue weighted by atomic mass is 10.1. The molecular formula is C21H24BrN3O3S. The summed E-state index contributed by atoms with van der Waals surface area (Å²) in [4.78, 5) is 4.88. The lowest BCUT2D eigenvalue weighted by Gasteiger charge is -2.32. The van der Waals surface area contributed by atoms with Gasteiger partial charge in [-0.25, -0.2) is 12.4 Å². The van der Waals surface area contributed by atoms with E-state index >= 15 is 0 Å². The van der Waals surface area contributed by atoms with Gasteiger partial charge >= 0.3 is 0 Å². The number of aromatic nitrogens is 1. The number of nitrogens with zero attached hydrogens (tertiary/aromatic N) is 3. The minimum atomic E-state index is -3.80. The van der Waals surface area contributed by atoms with Crippen LogP contribution in [0.15, 0.2) is 58.0 Å². The Balaban J connectivity index is 1.74. The van der Waals surface area contributed by atoms with E-state index in [1.54, 1.807) is 24.4 Å². The Morgan fingerprint density at radius 3 is 2.55 bits per heavy atom. The van der Waals surface area contributed by atoms with Gasteiger partial charge in [0.2, 0.25) is 0 Å². The fraction of sp³-hybridized carbons (Fsp3) is 0.333. The SMILES string of the molecule is COc1ccc(Br)cc1S(=O)(=O)n1ccc2c(CN3CCN(C)CC3)cccc21. The molecule has 0 aliphatic carbocycles. The van der Waals surface area contributed by atoms with Crippen LogP contribution in [0, 0.1) is 0 Å².